The van der Waals surface area contributed by atoms with Gasteiger partial charge >= 0.3 is 6.18 Å². The summed E-state index contributed by atoms with van der Waals surface area (Å²) >= 11 is 29.6. The Labute approximate surface area is 147 Å². The van der Waals surface area contributed by atoms with E-state index in [9.17, 15) is 13.2 Å². The Morgan fingerprint density at radius 3 is 1.73 bits per heavy atom. The molecule has 0 radical (unpaired) electrons. The fraction of sp³-hybridized carbons (Fsp3) is 0.0833. The summed E-state index contributed by atoms with van der Waals surface area (Å²) in [6, 6.07) is 1.77. The van der Waals surface area contributed by atoms with Gasteiger partial charge in [0.25, 0.3) is 0 Å². The lowest BCUT2D eigenvalue weighted by Gasteiger charge is -2.15. The van der Waals surface area contributed by atoms with E-state index in [0.29, 0.717) is 0 Å². The van der Waals surface area contributed by atoms with Crippen LogP contribution < -0.4 is 5.73 Å². The van der Waals surface area contributed by atoms with E-state index in [1.54, 1.807) is 0 Å². The van der Waals surface area contributed by atoms with Crippen LogP contribution in [0.5, 0.6) is 0 Å². The number of hydrogen-bond acceptors (Lipinski definition) is 2. The van der Waals surface area contributed by atoms with Crippen molar-refractivity contribution in [2.75, 3.05) is 5.73 Å². The predicted octanol–water partition coefficient (Wildman–Crippen LogP) is 6.62. The molecular weight excluding hydrogens is 406 g/mol. The Hall–Kier alpha value is -0.590. The lowest BCUT2D eigenvalue weighted by atomic mass is 10.1. The number of aromatic nitrogens is 1. The van der Waals surface area contributed by atoms with Crippen LogP contribution in [0.1, 0.15) is 5.69 Å². The number of nitrogen functional groups attached to an aromatic ring is 1. The Kier molecular flexibility index (Phi) is 4.95. The lowest BCUT2D eigenvalue weighted by molar-refractivity contribution is -0.141. The van der Waals surface area contributed by atoms with Crippen molar-refractivity contribution in [1.82, 2.24) is 4.98 Å². The standard InChI is InChI=1S/C12H4Cl5F3N2/c13-6-5(7(14)9(16)10(17)8(6)15)11-3(21)1-2-4(22-11)12(18,19)20/h1-2H,21H2. The van der Waals surface area contributed by atoms with Gasteiger partial charge in [-0.25, -0.2) is 4.98 Å². The van der Waals surface area contributed by atoms with Gasteiger partial charge in [-0.05, 0) is 12.1 Å². The number of benzene rings is 1. The number of anilines is 1. The molecule has 0 saturated heterocycles. The quantitative estimate of drug-likeness (QED) is 0.424. The lowest BCUT2D eigenvalue weighted by Crippen LogP contribution is -2.09. The molecule has 0 bridgehead atoms. The summed E-state index contributed by atoms with van der Waals surface area (Å²) in [7, 11) is 0. The van der Waals surface area contributed by atoms with E-state index in [4.69, 9.17) is 63.7 Å². The van der Waals surface area contributed by atoms with Crippen molar-refractivity contribution in [1.29, 1.82) is 0 Å². The molecule has 0 unspecified atom stereocenters. The van der Waals surface area contributed by atoms with Crippen LogP contribution in [0.25, 0.3) is 11.3 Å². The molecule has 10 heteroatoms. The third-order valence-corrected chi connectivity index (χ3v) is 4.94. The van der Waals surface area contributed by atoms with Crippen LogP contribution in [0.3, 0.4) is 0 Å². The van der Waals surface area contributed by atoms with E-state index >= 15 is 0 Å². The summed E-state index contributed by atoms with van der Waals surface area (Å²) < 4.78 is 38.4. The average molecular weight is 410 g/mol. The zero-order valence-corrected chi connectivity index (χ0v) is 14.0. The van der Waals surface area contributed by atoms with Crippen LogP contribution in [0.2, 0.25) is 25.1 Å². The van der Waals surface area contributed by atoms with E-state index in [1.165, 1.54) is 0 Å². The third kappa shape index (κ3) is 3.05. The minimum Gasteiger partial charge on any atom is -0.397 e. The maximum absolute atomic E-state index is 12.8. The molecular formula is C12H4Cl5F3N2. The number of nitrogens with zero attached hydrogens (tertiary/aromatic N) is 1. The largest absolute Gasteiger partial charge is 0.433 e. The summed E-state index contributed by atoms with van der Waals surface area (Å²) in [6.07, 6.45) is -4.67. The number of alkyl halides is 3. The van der Waals surface area contributed by atoms with Gasteiger partial charge in [0.15, 0.2) is 0 Å². The van der Waals surface area contributed by atoms with E-state index in [2.05, 4.69) is 4.98 Å². The highest BCUT2D eigenvalue weighted by Crippen LogP contribution is 2.49. The number of hydrogen-bond donors (Lipinski definition) is 1. The second kappa shape index (κ2) is 6.13. The normalized spacial score (nSPS) is 11.8. The van der Waals surface area contributed by atoms with Crippen LogP contribution in [-0.2, 0) is 6.18 Å². The van der Waals surface area contributed by atoms with Crippen molar-refractivity contribution >= 4 is 63.7 Å². The molecule has 0 atom stereocenters. The zero-order valence-electron chi connectivity index (χ0n) is 10.2. The van der Waals surface area contributed by atoms with Crippen molar-refractivity contribution in [2.45, 2.75) is 6.18 Å². The van der Waals surface area contributed by atoms with Crippen LogP contribution in [0.4, 0.5) is 18.9 Å². The second-order valence-electron chi connectivity index (χ2n) is 4.08. The molecule has 2 aromatic rings. The molecule has 0 spiro atoms. The minimum absolute atomic E-state index is 0.0775. The van der Waals surface area contributed by atoms with E-state index in [-0.39, 0.29) is 42.1 Å². The van der Waals surface area contributed by atoms with Gasteiger partial charge < -0.3 is 5.73 Å². The van der Waals surface area contributed by atoms with Crippen LogP contribution in [0.15, 0.2) is 12.1 Å². The Balaban J connectivity index is 2.83. The van der Waals surface area contributed by atoms with Crippen molar-refractivity contribution in [3.05, 3.63) is 42.9 Å². The van der Waals surface area contributed by atoms with Crippen LogP contribution in [0, 0.1) is 0 Å². The molecule has 0 aliphatic rings. The second-order valence-corrected chi connectivity index (χ2v) is 5.97. The molecule has 0 saturated carbocycles. The maximum atomic E-state index is 12.8. The van der Waals surface area contributed by atoms with Crippen LogP contribution >= 0.6 is 58.0 Å². The Morgan fingerprint density at radius 2 is 1.27 bits per heavy atom. The van der Waals surface area contributed by atoms with E-state index < -0.39 is 11.9 Å². The number of nitrogens with two attached hydrogens (primary N) is 1. The third-order valence-electron chi connectivity index (χ3n) is 2.66. The highest BCUT2D eigenvalue weighted by atomic mass is 35.5. The fourth-order valence-electron chi connectivity index (χ4n) is 1.64. The first-order chi connectivity index (χ1) is 10.1. The zero-order chi connectivity index (χ0) is 16.8. The molecule has 2 nitrogen and oxygen atoms in total. The first-order valence-electron chi connectivity index (χ1n) is 5.41. The summed E-state index contributed by atoms with van der Waals surface area (Å²) in [5.41, 5.74) is 4.03. The highest BCUT2D eigenvalue weighted by molar-refractivity contribution is 6.56. The minimum atomic E-state index is -4.67. The van der Waals surface area contributed by atoms with Gasteiger partial charge in [0.1, 0.15) is 5.69 Å². The maximum Gasteiger partial charge on any atom is 0.433 e. The molecule has 0 amide bonds. The molecule has 1 aromatic carbocycles. The first kappa shape index (κ1) is 17.8. The summed E-state index contributed by atoms with van der Waals surface area (Å²) in [5, 5.41) is -0.829. The van der Waals surface area contributed by atoms with Crippen molar-refractivity contribution < 1.29 is 13.2 Å². The van der Waals surface area contributed by atoms with E-state index in [1.807, 2.05) is 0 Å². The van der Waals surface area contributed by atoms with Crippen LogP contribution in [-0.4, -0.2) is 4.98 Å². The molecule has 0 aliphatic heterocycles. The van der Waals surface area contributed by atoms with Gasteiger partial charge in [-0.2, -0.15) is 13.2 Å². The topological polar surface area (TPSA) is 38.9 Å². The molecule has 2 N–H and O–H groups in total. The van der Waals surface area contributed by atoms with Crippen molar-refractivity contribution in [3.63, 3.8) is 0 Å². The van der Waals surface area contributed by atoms with Gasteiger partial charge in [0, 0.05) is 5.56 Å². The molecule has 0 aliphatic carbocycles. The molecule has 22 heavy (non-hydrogen) atoms. The monoisotopic (exact) mass is 408 g/mol. The van der Waals surface area contributed by atoms with Gasteiger partial charge in [-0.1, -0.05) is 58.0 Å². The summed E-state index contributed by atoms with van der Waals surface area (Å²) in [5.74, 6) is 0. The number of pyridine rings is 1. The molecule has 1 heterocycles. The Morgan fingerprint density at radius 1 is 0.818 bits per heavy atom. The summed E-state index contributed by atoms with van der Waals surface area (Å²) in [6.45, 7) is 0. The number of rotatable bonds is 1. The fourth-order valence-corrected chi connectivity index (χ4v) is 2.96. The van der Waals surface area contributed by atoms with Crippen molar-refractivity contribution in [3.8, 4) is 11.3 Å². The van der Waals surface area contributed by atoms with Gasteiger partial charge in [-0.3, -0.25) is 0 Å². The van der Waals surface area contributed by atoms with E-state index in [0.717, 1.165) is 12.1 Å². The highest BCUT2D eigenvalue weighted by Gasteiger charge is 2.34. The first-order valence-corrected chi connectivity index (χ1v) is 7.30. The SMILES string of the molecule is Nc1ccc(C(F)(F)F)nc1-c1c(Cl)c(Cl)c(Cl)c(Cl)c1Cl. The van der Waals surface area contributed by atoms with Gasteiger partial charge in [0.2, 0.25) is 0 Å². The molecule has 1 aromatic heterocycles. The van der Waals surface area contributed by atoms with Crippen molar-refractivity contribution in [2.24, 2.45) is 0 Å². The van der Waals surface area contributed by atoms with Gasteiger partial charge in [0.05, 0.1) is 36.5 Å². The number of halogens is 8. The molecule has 118 valence electrons. The predicted molar refractivity (Wildman–Crippen MR) is 84.1 cm³/mol. The molecule has 2 rings (SSSR count). The summed E-state index contributed by atoms with van der Waals surface area (Å²) in [4.78, 5) is 3.47. The smallest absolute Gasteiger partial charge is 0.397 e. The van der Waals surface area contributed by atoms with Gasteiger partial charge in [-0.15, -0.1) is 0 Å². The molecule has 0 fully saturated rings. The average Bonchev–Trinajstić information content (AvgIpc) is 2.44. The Bertz CT molecular complexity index is 732.